The minimum Gasteiger partial charge on any atom is -0.493 e. The van der Waals surface area contributed by atoms with Gasteiger partial charge in [-0.05, 0) is 33.0 Å². The van der Waals surface area contributed by atoms with E-state index in [0.29, 0.717) is 6.10 Å². The summed E-state index contributed by atoms with van der Waals surface area (Å²) in [5, 5.41) is 0. The Morgan fingerprint density at radius 2 is 2.06 bits per heavy atom. The Balaban J connectivity index is 2.15. The molecule has 0 amide bonds. The van der Waals surface area contributed by atoms with Gasteiger partial charge >= 0.3 is 0 Å². The van der Waals surface area contributed by atoms with Crippen LogP contribution < -0.4 is 4.72 Å². The Morgan fingerprint density at radius 1 is 1.39 bits per heavy atom. The van der Waals surface area contributed by atoms with Crippen molar-refractivity contribution in [2.24, 2.45) is 0 Å². The lowest BCUT2D eigenvalue weighted by Crippen LogP contribution is -2.50. The largest absolute Gasteiger partial charge is 0.493 e. The van der Waals surface area contributed by atoms with Crippen LogP contribution in [0.3, 0.4) is 0 Å². The maximum absolute atomic E-state index is 11.4. The van der Waals surface area contributed by atoms with E-state index in [4.69, 9.17) is 4.74 Å². The molecule has 0 heterocycles. The zero-order valence-corrected chi connectivity index (χ0v) is 11.8. The lowest BCUT2D eigenvalue weighted by atomic mass is 10.0. The highest BCUT2D eigenvalue weighted by Crippen LogP contribution is 2.30. The topological polar surface area (TPSA) is 58.6 Å². The smallest absolute Gasteiger partial charge is 0.209 e. The molecule has 0 aromatic rings. The van der Waals surface area contributed by atoms with Gasteiger partial charge in [-0.3, -0.25) is 4.90 Å². The molecule has 0 saturated heterocycles. The van der Waals surface area contributed by atoms with Crippen LogP contribution >= 0.6 is 0 Å². The maximum atomic E-state index is 11.4. The minimum atomic E-state index is -3.24. The van der Waals surface area contributed by atoms with E-state index in [9.17, 15) is 8.42 Å². The van der Waals surface area contributed by atoms with Gasteiger partial charge in [-0.25, -0.2) is 13.1 Å². The van der Waals surface area contributed by atoms with Gasteiger partial charge in [0.25, 0.3) is 0 Å². The first-order valence-electron chi connectivity index (χ1n) is 6.05. The highest BCUT2D eigenvalue weighted by Gasteiger charge is 2.34. The second-order valence-electron chi connectivity index (χ2n) is 5.10. The summed E-state index contributed by atoms with van der Waals surface area (Å²) < 4.78 is 31.3. The van der Waals surface area contributed by atoms with Gasteiger partial charge < -0.3 is 4.74 Å². The van der Waals surface area contributed by atoms with Crippen molar-refractivity contribution in [1.29, 1.82) is 0 Å². The molecule has 0 spiro atoms. The monoisotopic (exact) mass is 272 g/mol. The van der Waals surface area contributed by atoms with Crippen LogP contribution in [0.1, 0.15) is 12.8 Å². The SMILES string of the molecule is CN(C)C1C(OC2CC2)=CC=CC1NS(C)(=O)=O. The normalized spacial score (nSPS) is 28.3. The lowest BCUT2D eigenvalue weighted by molar-refractivity contribution is 0.130. The maximum Gasteiger partial charge on any atom is 0.209 e. The van der Waals surface area contributed by atoms with Crippen LogP contribution in [0.25, 0.3) is 0 Å². The van der Waals surface area contributed by atoms with E-state index < -0.39 is 10.0 Å². The summed E-state index contributed by atoms with van der Waals surface area (Å²) in [6.07, 6.45) is 9.28. The van der Waals surface area contributed by atoms with Crippen LogP contribution in [-0.2, 0) is 14.8 Å². The van der Waals surface area contributed by atoms with Crippen molar-refractivity contribution in [2.45, 2.75) is 31.0 Å². The number of nitrogens with one attached hydrogen (secondary N) is 1. The van der Waals surface area contributed by atoms with E-state index in [2.05, 4.69) is 4.72 Å². The zero-order chi connectivity index (χ0) is 13.3. The molecular formula is C12H20N2O3S. The second-order valence-corrected chi connectivity index (χ2v) is 6.88. The zero-order valence-electron chi connectivity index (χ0n) is 11.0. The van der Waals surface area contributed by atoms with Gasteiger partial charge in [-0.2, -0.15) is 0 Å². The average Bonchev–Trinajstić information content (AvgIpc) is 2.98. The Labute approximate surface area is 109 Å². The standard InChI is InChI=1S/C12H20N2O3S/c1-14(2)12-10(13-18(3,15)16)5-4-6-11(12)17-9-7-8-9/h4-6,9-10,12-13H,7-8H2,1-3H3. The van der Waals surface area contributed by atoms with Crippen molar-refractivity contribution >= 4 is 10.0 Å². The molecule has 102 valence electrons. The number of nitrogens with zero attached hydrogens (tertiary/aromatic N) is 1. The first-order valence-corrected chi connectivity index (χ1v) is 7.95. The van der Waals surface area contributed by atoms with E-state index in [1.807, 2.05) is 37.2 Å². The molecule has 2 atom stereocenters. The number of allylic oxidation sites excluding steroid dienone is 2. The first-order chi connectivity index (χ1) is 8.37. The molecule has 1 saturated carbocycles. The fraction of sp³-hybridized carbons (Fsp3) is 0.667. The number of hydrogen-bond donors (Lipinski definition) is 1. The van der Waals surface area contributed by atoms with Gasteiger partial charge in [-0.1, -0.05) is 12.2 Å². The molecule has 0 radical (unpaired) electrons. The van der Waals surface area contributed by atoms with Gasteiger partial charge in [0.2, 0.25) is 10.0 Å². The van der Waals surface area contributed by atoms with Crippen molar-refractivity contribution in [3.63, 3.8) is 0 Å². The van der Waals surface area contributed by atoms with E-state index in [1.165, 1.54) is 6.26 Å². The Hall–Kier alpha value is -0.850. The van der Waals surface area contributed by atoms with E-state index >= 15 is 0 Å². The number of rotatable bonds is 5. The molecule has 1 fully saturated rings. The van der Waals surface area contributed by atoms with Crippen LogP contribution in [0.5, 0.6) is 0 Å². The highest BCUT2D eigenvalue weighted by molar-refractivity contribution is 7.88. The number of ether oxygens (including phenoxy) is 1. The molecule has 0 aliphatic heterocycles. The molecule has 2 aliphatic carbocycles. The van der Waals surface area contributed by atoms with Crippen LogP contribution in [0.2, 0.25) is 0 Å². The van der Waals surface area contributed by atoms with Gasteiger partial charge in [-0.15, -0.1) is 0 Å². The molecule has 6 heteroatoms. The number of likely N-dealkylation sites (N-methyl/N-ethyl adjacent to an activating group) is 1. The van der Waals surface area contributed by atoms with Gasteiger partial charge in [0.1, 0.15) is 5.76 Å². The molecule has 0 aromatic heterocycles. The Kier molecular flexibility index (Phi) is 3.79. The van der Waals surface area contributed by atoms with Crippen molar-refractivity contribution in [1.82, 2.24) is 9.62 Å². The predicted octanol–water partition coefficient (Wildman–Crippen LogP) is 0.467. The van der Waals surface area contributed by atoms with Crippen LogP contribution in [0.15, 0.2) is 24.0 Å². The van der Waals surface area contributed by atoms with Crippen molar-refractivity contribution in [3.8, 4) is 0 Å². The second kappa shape index (κ2) is 5.03. The van der Waals surface area contributed by atoms with Gasteiger partial charge in [0.05, 0.1) is 24.4 Å². The molecule has 0 bridgehead atoms. The molecular weight excluding hydrogens is 252 g/mol. The van der Waals surface area contributed by atoms with E-state index in [1.54, 1.807) is 0 Å². The summed E-state index contributed by atoms with van der Waals surface area (Å²) in [5.41, 5.74) is 0. The van der Waals surface area contributed by atoms with E-state index in [-0.39, 0.29) is 12.1 Å². The molecule has 2 aliphatic rings. The van der Waals surface area contributed by atoms with Crippen LogP contribution in [-0.4, -0.2) is 51.9 Å². The summed E-state index contributed by atoms with van der Waals surface area (Å²) in [7, 11) is 0.606. The predicted molar refractivity (Wildman–Crippen MR) is 70.6 cm³/mol. The minimum absolute atomic E-state index is 0.0923. The lowest BCUT2D eigenvalue weighted by Gasteiger charge is -2.34. The summed E-state index contributed by atoms with van der Waals surface area (Å²) in [6.45, 7) is 0. The number of hydrogen-bond acceptors (Lipinski definition) is 4. The molecule has 0 aromatic carbocycles. The summed E-state index contributed by atoms with van der Waals surface area (Å²) in [6, 6.07) is -0.376. The van der Waals surface area contributed by atoms with Crippen molar-refractivity contribution in [3.05, 3.63) is 24.0 Å². The van der Waals surface area contributed by atoms with Gasteiger partial charge in [0.15, 0.2) is 0 Å². The summed E-state index contributed by atoms with van der Waals surface area (Å²) in [4.78, 5) is 1.97. The fourth-order valence-corrected chi connectivity index (χ4v) is 2.77. The third kappa shape index (κ3) is 3.57. The van der Waals surface area contributed by atoms with Crippen molar-refractivity contribution < 1.29 is 13.2 Å². The van der Waals surface area contributed by atoms with Crippen molar-refractivity contribution in [2.75, 3.05) is 20.4 Å². The molecule has 2 rings (SSSR count). The van der Waals surface area contributed by atoms with E-state index in [0.717, 1.165) is 18.6 Å². The Bertz CT molecular complexity index is 464. The molecule has 2 unspecified atom stereocenters. The quantitative estimate of drug-likeness (QED) is 0.790. The fourth-order valence-electron chi connectivity index (χ4n) is 2.06. The molecule has 5 nitrogen and oxygen atoms in total. The summed E-state index contributed by atoms with van der Waals surface area (Å²) in [5.74, 6) is 0.839. The molecule has 1 N–H and O–H groups in total. The highest BCUT2D eigenvalue weighted by atomic mass is 32.2. The van der Waals surface area contributed by atoms with Crippen LogP contribution in [0, 0.1) is 0 Å². The first kappa shape index (κ1) is 13.6. The number of sulfonamides is 1. The van der Waals surface area contributed by atoms with Gasteiger partial charge in [0, 0.05) is 0 Å². The Morgan fingerprint density at radius 3 is 2.56 bits per heavy atom. The third-order valence-corrected chi connectivity index (χ3v) is 3.64. The third-order valence-electron chi connectivity index (χ3n) is 2.94. The average molecular weight is 272 g/mol. The molecule has 18 heavy (non-hydrogen) atoms. The van der Waals surface area contributed by atoms with Crippen LogP contribution in [0.4, 0.5) is 0 Å². The summed E-state index contributed by atoms with van der Waals surface area (Å²) >= 11 is 0.